The van der Waals surface area contributed by atoms with Crippen LogP contribution < -0.4 is 0 Å². The molecule has 0 bridgehead atoms. The quantitative estimate of drug-likeness (QED) is 0.141. The number of nitrogens with zero attached hydrogens (tertiary/aromatic N) is 7. The Balaban J connectivity index is 1.33. The molecule has 4 heterocycles. The zero-order valence-corrected chi connectivity index (χ0v) is 30.3. The number of amides is 1. The van der Waals surface area contributed by atoms with E-state index in [1.54, 1.807) is 43.4 Å². The van der Waals surface area contributed by atoms with Gasteiger partial charge < -0.3 is 4.90 Å². The highest BCUT2D eigenvalue weighted by molar-refractivity contribution is 9.10. The van der Waals surface area contributed by atoms with E-state index in [1.807, 2.05) is 31.2 Å². The van der Waals surface area contributed by atoms with Crippen molar-refractivity contribution in [3.05, 3.63) is 76.7 Å². The number of hydrogen-bond acceptors (Lipinski definition) is 9. The number of piperidine rings is 1. The molecule has 1 aliphatic heterocycles. The molecule has 4 aromatic rings. The smallest absolute Gasteiger partial charge is 0.245 e. The van der Waals surface area contributed by atoms with Crippen molar-refractivity contribution in [2.24, 2.45) is 5.41 Å². The standard InChI is InChI=1S/C35H38BrN7O5S/c1-6-12-49(47,48)41(5)20-35-15-29(30(45)14-27-23(7-2)9-11-32(36)39-27)43(31(35)16-35)33(46)19-42-28-10-8-24(25-17-37-22(4)38-18-25)13-26(28)34(40-42)21(3)44/h7-11,13,17-18,29,31H,2,6,12,14-16,19-20H2,1,3-5H3/t29-,31+,35-/m0/s1. The van der Waals surface area contributed by atoms with Gasteiger partial charge in [-0.05, 0) is 71.4 Å². The lowest BCUT2D eigenvalue weighted by molar-refractivity contribution is -0.139. The summed E-state index contributed by atoms with van der Waals surface area (Å²) in [6.45, 7) is 8.90. The summed E-state index contributed by atoms with van der Waals surface area (Å²) in [5, 5.41) is 5.16. The number of sulfonamides is 1. The van der Waals surface area contributed by atoms with Crippen molar-refractivity contribution in [3.63, 3.8) is 0 Å². The summed E-state index contributed by atoms with van der Waals surface area (Å²) in [7, 11) is -1.92. The van der Waals surface area contributed by atoms with E-state index in [0.29, 0.717) is 51.9 Å². The van der Waals surface area contributed by atoms with Crippen LogP contribution in [0.15, 0.2) is 53.9 Å². The number of rotatable bonds is 13. The molecule has 1 saturated heterocycles. The molecule has 1 amide bonds. The third-order valence-electron chi connectivity index (χ3n) is 9.57. The number of ketones is 2. The summed E-state index contributed by atoms with van der Waals surface area (Å²) in [6.07, 6.45) is 6.45. The molecule has 1 saturated carbocycles. The molecule has 49 heavy (non-hydrogen) atoms. The number of hydrogen-bond donors (Lipinski definition) is 0. The Morgan fingerprint density at radius 3 is 2.53 bits per heavy atom. The summed E-state index contributed by atoms with van der Waals surface area (Å²) in [4.78, 5) is 55.8. The van der Waals surface area contributed by atoms with Gasteiger partial charge in [0.15, 0.2) is 11.6 Å². The van der Waals surface area contributed by atoms with E-state index in [1.165, 1.54) is 15.9 Å². The first kappa shape index (κ1) is 34.7. The van der Waals surface area contributed by atoms with E-state index in [4.69, 9.17) is 0 Å². The molecule has 0 spiro atoms. The van der Waals surface area contributed by atoms with Crippen LogP contribution in [0.4, 0.5) is 0 Å². The van der Waals surface area contributed by atoms with Gasteiger partial charge in [0.2, 0.25) is 15.9 Å². The van der Waals surface area contributed by atoms with Gasteiger partial charge in [-0.3, -0.25) is 19.1 Å². The number of aryl methyl sites for hydroxylation is 1. The van der Waals surface area contributed by atoms with Crippen molar-refractivity contribution in [1.29, 1.82) is 0 Å². The largest absolute Gasteiger partial charge is 0.327 e. The van der Waals surface area contributed by atoms with Gasteiger partial charge in [0.1, 0.15) is 22.7 Å². The third kappa shape index (κ3) is 6.73. The van der Waals surface area contributed by atoms with Crippen molar-refractivity contribution in [1.82, 2.24) is 33.9 Å². The SMILES string of the molecule is C=Cc1ccc(Br)nc1CC(=O)[C@@H]1C[C@@]2(CN(C)S(=O)(=O)CCC)C[C@H]2N1C(=O)Cn1nc(C(C)=O)c2cc(-c3cnc(C)nc3)ccc21. The molecular weight excluding hydrogens is 710 g/mol. The number of carbonyl (C=O) groups is 3. The predicted octanol–water partition coefficient (Wildman–Crippen LogP) is 4.65. The number of fused-ring (bicyclic) bond motifs is 2. The van der Waals surface area contributed by atoms with E-state index in [2.05, 4.69) is 42.6 Å². The first-order valence-electron chi connectivity index (χ1n) is 16.1. The summed E-state index contributed by atoms with van der Waals surface area (Å²) >= 11 is 3.38. The second-order valence-electron chi connectivity index (χ2n) is 13.0. The highest BCUT2D eigenvalue weighted by Crippen LogP contribution is 2.60. The maximum Gasteiger partial charge on any atom is 0.245 e. The minimum absolute atomic E-state index is 0.0211. The molecule has 1 aromatic carbocycles. The Hall–Kier alpha value is -4.14. The summed E-state index contributed by atoms with van der Waals surface area (Å²) in [5.74, 6) is -0.102. The monoisotopic (exact) mass is 747 g/mol. The molecule has 2 fully saturated rings. The van der Waals surface area contributed by atoms with E-state index in [9.17, 15) is 22.8 Å². The highest BCUT2D eigenvalue weighted by Gasteiger charge is 2.67. The zero-order chi connectivity index (χ0) is 35.2. The van der Waals surface area contributed by atoms with E-state index < -0.39 is 21.5 Å². The van der Waals surface area contributed by atoms with E-state index in [0.717, 1.165) is 11.1 Å². The molecule has 6 rings (SSSR count). The van der Waals surface area contributed by atoms with Gasteiger partial charge in [-0.1, -0.05) is 31.7 Å². The minimum atomic E-state index is -3.49. The zero-order valence-electron chi connectivity index (χ0n) is 27.9. The summed E-state index contributed by atoms with van der Waals surface area (Å²) in [5.41, 5.74) is 3.12. The maximum atomic E-state index is 14.3. The van der Waals surface area contributed by atoms with Crippen molar-refractivity contribution >= 4 is 60.4 Å². The molecule has 3 atom stereocenters. The summed E-state index contributed by atoms with van der Waals surface area (Å²) in [6, 6.07) is 8.02. The Kier molecular flexibility index (Phi) is 9.42. The Labute approximate surface area is 293 Å². The lowest BCUT2D eigenvalue weighted by Crippen LogP contribution is -2.45. The number of likely N-dealkylation sites (tertiary alicyclic amines) is 1. The van der Waals surface area contributed by atoms with Gasteiger partial charge >= 0.3 is 0 Å². The lowest BCUT2D eigenvalue weighted by atomic mass is 9.94. The van der Waals surface area contributed by atoms with Crippen LogP contribution >= 0.6 is 15.9 Å². The predicted molar refractivity (Wildman–Crippen MR) is 189 cm³/mol. The van der Waals surface area contributed by atoms with Crippen LogP contribution in [0.25, 0.3) is 28.1 Å². The highest BCUT2D eigenvalue weighted by atomic mass is 79.9. The van der Waals surface area contributed by atoms with Crippen molar-refractivity contribution in [3.8, 4) is 11.1 Å². The van der Waals surface area contributed by atoms with Gasteiger partial charge in [-0.25, -0.2) is 27.7 Å². The van der Waals surface area contributed by atoms with E-state index >= 15 is 0 Å². The first-order chi connectivity index (χ1) is 23.3. The molecule has 256 valence electrons. The maximum absolute atomic E-state index is 14.3. The fourth-order valence-corrected chi connectivity index (χ4v) is 8.66. The Morgan fingerprint density at radius 2 is 1.86 bits per heavy atom. The number of Topliss-reactive ketones (excluding diaryl/α,β-unsaturated/α-hetero) is 2. The first-order valence-corrected chi connectivity index (χ1v) is 18.5. The molecule has 0 N–H and O–H groups in total. The van der Waals surface area contributed by atoms with E-state index in [-0.39, 0.29) is 54.5 Å². The number of pyridine rings is 1. The van der Waals surface area contributed by atoms with Crippen molar-refractivity contribution < 1.29 is 22.8 Å². The molecule has 0 unspecified atom stereocenters. The Bertz CT molecular complexity index is 2100. The molecule has 12 nitrogen and oxygen atoms in total. The van der Waals surface area contributed by atoms with Crippen LogP contribution in [0.1, 0.15) is 60.7 Å². The van der Waals surface area contributed by atoms with Crippen molar-refractivity contribution in [2.75, 3.05) is 19.3 Å². The number of carbonyl (C=O) groups excluding carboxylic acids is 3. The molecule has 3 aromatic heterocycles. The van der Waals surface area contributed by atoms with Crippen LogP contribution in [0.5, 0.6) is 0 Å². The van der Waals surface area contributed by atoms with Crippen LogP contribution in [0, 0.1) is 12.3 Å². The number of benzene rings is 1. The molecular formula is C35H38BrN7O5S. The average molecular weight is 749 g/mol. The van der Waals surface area contributed by atoms with Crippen LogP contribution in [0.2, 0.25) is 0 Å². The second-order valence-corrected chi connectivity index (χ2v) is 16.0. The number of aromatic nitrogens is 5. The molecule has 14 heteroatoms. The summed E-state index contributed by atoms with van der Waals surface area (Å²) < 4.78 is 29.3. The van der Waals surface area contributed by atoms with Crippen LogP contribution in [-0.2, 0) is 32.6 Å². The molecule has 2 aliphatic rings. The molecule has 1 aliphatic carbocycles. The Morgan fingerprint density at radius 1 is 1.12 bits per heavy atom. The van der Waals surface area contributed by atoms with Gasteiger partial charge in [0, 0.05) is 55.3 Å². The second kappa shape index (κ2) is 13.3. The lowest BCUT2D eigenvalue weighted by Gasteiger charge is -2.27. The minimum Gasteiger partial charge on any atom is -0.327 e. The van der Waals surface area contributed by atoms with Gasteiger partial charge in [-0.2, -0.15) is 5.10 Å². The van der Waals surface area contributed by atoms with Gasteiger partial charge in [0.05, 0.1) is 29.4 Å². The van der Waals surface area contributed by atoms with Crippen LogP contribution in [0.3, 0.4) is 0 Å². The average Bonchev–Trinajstić information content (AvgIpc) is 3.46. The topological polar surface area (TPSA) is 148 Å². The van der Waals surface area contributed by atoms with Gasteiger partial charge in [-0.15, -0.1) is 0 Å². The fourth-order valence-electron chi connectivity index (χ4n) is 7.03. The molecule has 0 radical (unpaired) electrons. The third-order valence-corrected chi connectivity index (χ3v) is 12.0. The fraction of sp³-hybridized carbons (Fsp3) is 0.400. The number of halogens is 1. The van der Waals surface area contributed by atoms with Crippen LogP contribution in [-0.4, -0.2) is 91.3 Å². The van der Waals surface area contributed by atoms with Crippen molar-refractivity contribution in [2.45, 2.75) is 65.1 Å². The normalized spacial score (nSPS) is 20.1. The van der Waals surface area contributed by atoms with Gasteiger partial charge in [0.25, 0.3) is 0 Å².